The average Bonchev–Trinajstić information content (AvgIpc) is 2.68. The second kappa shape index (κ2) is 6.48. The number of carbonyl (C=O) groups excluding carboxylic acids is 2. The zero-order chi connectivity index (χ0) is 16.4. The fourth-order valence-corrected chi connectivity index (χ4v) is 2.94. The van der Waals surface area contributed by atoms with Crippen LogP contribution >= 0.6 is 0 Å². The Bertz CT molecular complexity index is 557. The number of esters is 2. The molecule has 1 fully saturated rings. The van der Waals surface area contributed by atoms with Crippen molar-refractivity contribution in [1.82, 2.24) is 0 Å². The smallest absolute Gasteiger partial charge is 0.334 e. The van der Waals surface area contributed by atoms with E-state index in [0.717, 1.165) is 11.1 Å². The van der Waals surface area contributed by atoms with Gasteiger partial charge in [-0.3, -0.25) is 4.79 Å². The van der Waals surface area contributed by atoms with E-state index < -0.39 is 30.2 Å². The maximum Gasteiger partial charge on any atom is 0.334 e. The summed E-state index contributed by atoms with van der Waals surface area (Å²) < 4.78 is 10.6. The molecule has 0 saturated carbocycles. The third kappa shape index (κ3) is 3.47. The summed E-state index contributed by atoms with van der Waals surface area (Å²) in [6.45, 7) is 8.85. The molecule has 0 spiro atoms. The highest BCUT2D eigenvalue weighted by molar-refractivity contribution is 5.91. The molecule has 1 N–H and O–H groups in total. The molecule has 0 amide bonds. The van der Waals surface area contributed by atoms with Gasteiger partial charge in [0.2, 0.25) is 0 Å². The molecule has 22 heavy (non-hydrogen) atoms. The minimum Gasteiger partial charge on any atom is -0.458 e. The monoisotopic (exact) mass is 306 g/mol. The van der Waals surface area contributed by atoms with E-state index in [1.54, 1.807) is 6.08 Å². The van der Waals surface area contributed by atoms with Gasteiger partial charge in [0.25, 0.3) is 0 Å². The van der Waals surface area contributed by atoms with Crippen molar-refractivity contribution < 1.29 is 24.2 Å². The van der Waals surface area contributed by atoms with Crippen molar-refractivity contribution in [1.29, 1.82) is 0 Å². The van der Waals surface area contributed by atoms with Crippen molar-refractivity contribution in [2.24, 2.45) is 5.92 Å². The van der Waals surface area contributed by atoms with Crippen LogP contribution in [0.1, 0.15) is 33.6 Å². The van der Waals surface area contributed by atoms with Gasteiger partial charge >= 0.3 is 11.9 Å². The van der Waals surface area contributed by atoms with Gasteiger partial charge in [0.15, 0.2) is 0 Å². The number of aliphatic hydroxyl groups excluding tert-OH is 1. The minimum absolute atomic E-state index is 0.291. The van der Waals surface area contributed by atoms with E-state index in [9.17, 15) is 14.7 Å². The van der Waals surface area contributed by atoms with Crippen LogP contribution in [0, 0.1) is 5.92 Å². The topological polar surface area (TPSA) is 72.8 Å². The maximum absolute atomic E-state index is 11.8. The molecular formula is C17H22O5. The Morgan fingerprint density at radius 2 is 2.14 bits per heavy atom. The van der Waals surface area contributed by atoms with Crippen molar-refractivity contribution in [3.63, 3.8) is 0 Å². The van der Waals surface area contributed by atoms with E-state index in [4.69, 9.17) is 9.47 Å². The molecule has 2 aliphatic rings. The van der Waals surface area contributed by atoms with Crippen molar-refractivity contribution in [3.8, 4) is 0 Å². The molecule has 1 aliphatic heterocycles. The summed E-state index contributed by atoms with van der Waals surface area (Å²) in [5.74, 6) is -1.31. The zero-order valence-electron chi connectivity index (χ0n) is 13.2. The molecule has 0 unspecified atom stereocenters. The zero-order valence-corrected chi connectivity index (χ0v) is 13.2. The lowest BCUT2D eigenvalue weighted by Crippen LogP contribution is -2.30. The van der Waals surface area contributed by atoms with E-state index in [0.29, 0.717) is 18.4 Å². The van der Waals surface area contributed by atoms with Gasteiger partial charge in [-0.15, -0.1) is 0 Å². The molecule has 0 bridgehead atoms. The van der Waals surface area contributed by atoms with Crippen LogP contribution in [0.4, 0.5) is 0 Å². The van der Waals surface area contributed by atoms with Crippen molar-refractivity contribution >= 4 is 11.9 Å². The van der Waals surface area contributed by atoms with E-state index in [1.165, 1.54) is 6.92 Å². The number of aliphatic hydroxyl groups is 1. The summed E-state index contributed by atoms with van der Waals surface area (Å²) in [6.07, 6.45) is 2.98. The first kappa shape index (κ1) is 16.5. The van der Waals surface area contributed by atoms with E-state index >= 15 is 0 Å². The summed E-state index contributed by atoms with van der Waals surface area (Å²) in [4.78, 5) is 23.0. The lowest BCUT2D eigenvalue weighted by atomic mass is 9.85. The lowest BCUT2D eigenvalue weighted by Gasteiger charge is -2.25. The number of rotatable bonds is 1. The van der Waals surface area contributed by atoms with Crippen LogP contribution in [0.5, 0.6) is 0 Å². The van der Waals surface area contributed by atoms with Crippen LogP contribution in [0.15, 0.2) is 35.5 Å². The summed E-state index contributed by atoms with van der Waals surface area (Å²) in [7, 11) is 0. The highest BCUT2D eigenvalue weighted by atomic mass is 16.6. The largest absolute Gasteiger partial charge is 0.458 e. The number of hydrogen-bond acceptors (Lipinski definition) is 5. The molecule has 5 nitrogen and oxygen atoms in total. The first-order chi connectivity index (χ1) is 10.3. The van der Waals surface area contributed by atoms with Gasteiger partial charge in [0.05, 0.1) is 12.0 Å². The first-order valence-corrected chi connectivity index (χ1v) is 7.38. The summed E-state index contributed by atoms with van der Waals surface area (Å²) in [5, 5.41) is 10.4. The molecule has 4 atom stereocenters. The average molecular weight is 306 g/mol. The molecule has 0 aromatic heterocycles. The second-order valence-electron chi connectivity index (χ2n) is 5.99. The lowest BCUT2D eigenvalue weighted by molar-refractivity contribution is -0.144. The van der Waals surface area contributed by atoms with Crippen LogP contribution in [-0.4, -0.2) is 35.4 Å². The van der Waals surface area contributed by atoms with Gasteiger partial charge in [-0.25, -0.2) is 4.79 Å². The molecule has 0 aromatic carbocycles. The summed E-state index contributed by atoms with van der Waals surface area (Å²) in [6, 6.07) is 0. The van der Waals surface area contributed by atoms with E-state index in [2.05, 4.69) is 6.58 Å². The Hall–Kier alpha value is -1.88. The van der Waals surface area contributed by atoms with E-state index in [-0.39, 0.29) is 5.97 Å². The van der Waals surface area contributed by atoms with Crippen LogP contribution in [0.3, 0.4) is 0 Å². The predicted molar refractivity (Wildman–Crippen MR) is 80.8 cm³/mol. The van der Waals surface area contributed by atoms with Crippen molar-refractivity contribution in [3.05, 3.63) is 35.5 Å². The molecule has 1 aliphatic carbocycles. The Morgan fingerprint density at radius 3 is 2.77 bits per heavy atom. The number of fused-ring (bicyclic) bond motifs is 1. The summed E-state index contributed by atoms with van der Waals surface area (Å²) >= 11 is 0. The highest BCUT2D eigenvalue weighted by Gasteiger charge is 2.42. The normalized spacial score (nSPS) is 37.3. The van der Waals surface area contributed by atoms with Crippen molar-refractivity contribution in [2.75, 3.05) is 0 Å². The molecule has 1 heterocycles. The quantitative estimate of drug-likeness (QED) is 0.456. The van der Waals surface area contributed by atoms with Crippen LogP contribution in [-0.2, 0) is 19.1 Å². The minimum atomic E-state index is -0.727. The molecule has 120 valence electrons. The molecule has 0 radical (unpaired) electrons. The standard InChI is InChI=1S/C17H22O5/c1-9-5-6-14(21-12(4)18)10(2)8-15-16(13(19)7-9)11(3)17(20)22-15/h5,8,13-16,19H,3,6-7H2,1-2,4H3/b9-5+,10-8-/t13-,14+,15-,16-/m1/s1. The molecule has 5 heteroatoms. The third-order valence-electron chi connectivity index (χ3n) is 4.13. The van der Waals surface area contributed by atoms with Crippen molar-refractivity contribution in [2.45, 2.75) is 51.9 Å². The Kier molecular flexibility index (Phi) is 4.86. The number of hydrogen-bond donors (Lipinski definition) is 1. The Labute approximate surface area is 130 Å². The van der Waals surface area contributed by atoms with Crippen LogP contribution in [0.2, 0.25) is 0 Å². The van der Waals surface area contributed by atoms with Gasteiger partial charge in [-0.1, -0.05) is 18.2 Å². The number of ether oxygens (including phenoxy) is 2. The Balaban J connectivity index is 2.37. The first-order valence-electron chi connectivity index (χ1n) is 7.38. The predicted octanol–water partition coefficient (Wildman–Crippen LogP) is 2.06. The fraction of sp³-hybridized carbons (Fsp3) is 0.529. The molecule has 0 aromatic rings. The second-order valence-corrected chi connectivity index (χ2v) is 5.99. The SMILES string of the molecule is C=C1C(=O)O[C@@H]2/C=C(/C)[C@@H](OC(C)=O)C/C=C(\C)C[C@@H](O)[C@@H]12. The van der Waals surface area contributed by atoms with Gasteiger partial charge in [0.1, 0.15) is 12.2 Å². The maximum atomic E-state index is 11.8. The third-order valence-corrected chi connectivity index (χ3v) is 4.13. The van der Waals surface area contributed by atoms with Gasteiger partial charge < -0.3 is 14.6 Å². The van der Waals surface area contributed by atoms with Crippen LogP contribution in [0.25, 0.3) is 0 Å². The molecule has 2 rings (SSSR count). The Morgan fingerprint density at radius 1 is 1.45 bits per heavy atom. The highest BCUT2D eigenvalue weighted by Crippen LogP contribution is 2.34. The number of carbonyl (C=O) groups is 2. The van der Waals surface area contributed by atoms with Gasteiger partial charge in [0, 0.05) is 18.9 Å². The molecular weight excluding hydrogens is 284 g/mol. The van der Waals surface area contributed by atoms with Gasteiger partial charge in [-0.05, 0) is 31.9 Å². The molecule has 1 saturated heterocycles. The summed E-state index contributed by atoms with van der Waals surface area (Å²) in [5.41, 5.74) is 2.06. The van der Waals surface area contributed by atoms with Crippen LogP contribution < -0.4 is 0 Å². The van der Waals surface area contributed by atoms with Gasteiger partial charge in [-0.2, -0.15) is 0 Å². The fourth-order valence-electron chi connectivity index (χ4n) is 2.94. The van der Waals surface area contributed by atoms with E-state index in [1.807, 2.05) is 19.9 Å².